The highest BCUT2D eigenvalue weighted by molar-refractivity contribution is 5.79. The average molecular weight is 530 g/mol. The third kappa shape index (κ3) is 5.55. The number of pyridine rings is 1. The van der Waals surface area contributed by atoms with Gasteiger partial charge in [0.15, 0.2) is 5.82 Å². The van der Waals surface area contributed by atoms with Gasteiger partial charge in [0.05, 0.1) is 24.2 Å². The summed E-state index contributed by atoms with van der Waals surface area (Å²) < 4.78 is 3.50. The number of nitrogens with one attached hydrogen (secondary N) is 1. The van der Waals surface area contributed by atoms with E-state index in [1.165, 1.54) is 0 Å². The molecular weight excluding hydrogens is 494 g/mol. The minimum atomic E-state index is -0.817. The van der Waals surface area contributed by atoms with Crippen molar-refractivity contribution in [2.24, 2.45) is 11.8 Å². The highest BCUT2D eigenvalue weighted by Crippen LogP contribution is 2.37. The number of tetrazole rings is 1. The van der Waals surface area contributed by atoms with E-state index in [1.807, 2.05) is 42.6 Å². The standard InChI is InChI=1S/C29H35N7O3/c1-3-4-10-22-18-36(26-19(2)9-5-6-13-25(26)28(37)38)29(39)35(22)17-21-15-14-20(16-30-21)23-11-7-8-12-24(23)27-31-33-34-32-27/h7-8,11-12,14-16,18-19,25-26H,3-6,9-10,13,17H2,1-2H3,(H,37,38)(H,31,32,33,34). The maximum atomic E-state index is 13.8. The summed E-state index contributed by atoms with van der Waals surface area (Å²) in [6, 6.07) is 11.4. The van der Waals surface area contributed by atoms with Gasteiger partial charge in [-0.25, -0.2) is 9.89 Å². The number of carboxylic acid groups (broad SMARTS) is 1. The number of aromatic nitrogens is 7. The summed E-state index contributed by atoms with van der Waals surface area (Å²) in [6.07, 6.45) is 9.82. The number of benzene rings is 1. The number of carbonyl (C=O) groups is 1. The van der Waals surface area contributed by atoms with Crippen molar-refractivity contribution in [2.75, 3.05) is 0 Å². The van der Waals surface area contributed by atoms with Crippen molar-refractivity contribution in [2.45, 2.75) is 71.4 Å². The Morgan fingerprint density at radius 1 is 1.13 bits per heavy atom. The summed E-state index contributed by atoms with van der Waals surface area (Å²) in [7, 11) is 0. The second kappa shape index (κ2) is 11.8. The lowest BCUT2D eigenvalue weighted by Gasteiger charge is -2.27. The summed E-state index contributed by atoms with van der Waals surface area (Å²) in [5.74, 6) is -0.692. The number of rotatable bonds is 9. The highest BCUT2D eigenvalue weighted by atomic mass is 16.4. The zero-order valence-corrected chi connectivity index (χ0v) is 22.5. The van der Waals surface area contributed by atoms with Gasteiger partial charge in [-0.05, 0) is 53.7 Å². The van der Waals surface area contributed by atoms with Gasteiger partial charge in [-0.1, -0.05) is 63.4 Å². The molecule has 1 aromatic carbocycles. The van der Waals surface area contributed by atoms with Crippen LogP contribution in [0.15, 0.2) is 53.6 Å². The van der Waals surface area contributed by atoms with Gasteiger partial charge in [-0.15, -0.1) is 5.10 Å². The SMILES string of the molecule is CCCCc1cn(C2C(C)CCCCC2C(=O)O)c(=O)n1Cc1ccc(-c2ccccc2-c2nnn[nH]2)cn1. The molecule has 10 heteroatoms. The molecule has 3 heterocycles. The number of aromatic amines is 1. The molecule has 3 aromatic heterocycles. The molecular formula is C29H35N7O3. The molecule has 4 aromatic rings. The predicted octanol–water partition coefficient (Wildman–Crippen LogP) is 4.73. The van der Waals surface area contributed by atoms with E-state index < -0.39 is 11.9 Å². The second-order valence-corrected chi connectivity index (χ2v) is 10.5. The summed E-state index contributed by atoms with van der Waals surface area (Å²) in [6.45, 7) is 4.53. The van der Waals surface area contributed by atoms with E-state index in [4.69, 9.17) is 4.98 Å². The van der Waals surface area contributed by atoms with Crippen LogP contribution in [-0.4, -0.2) is 45.8 Å². The molecule has 0 bridgehead atoms. The Labute approximate surface area is 227 Å². The van der Waals surface area contributed by atoms with Gasteiger partial charge in [0, 0.05) is 29.2 Å². The lowest BCUT2D eigenvalue weighted by molar-refractivity contribution is -0.144. The van der Waals surface area contributed by atoms with Crippen molar-refractivity contribution in [3.63, 3.8) is 0 Å². The Bertz CT molecular complexity index is 1460. The van der Waals surface area contributed by atoms with Gasteiger partial charge in [-0.3, -0.25) is 18.9 Å². The first-order chi connectivity index (χ1) is 19.0. The molecule has 1 aliphatic carbocycles. The van der Waals surface area contributed by atoms with Crippen LogP contribution in [0.4, 0.5) is 0 Å². The number of hydrogen-bond donors (Lipinski definition) is 2. The molecule has 1 fully saturated rings. The number of unbranched alkanes of at least 4 members (excludes halogenated alkanes) is 1. The smallest absolute Gasteiger partial charge is 0.328 e. The van der Waals surface area contributed by atoms with Gasteiger partial charge in [0.1, 0.15) is 0 Å². The van der Waals surface area contributed by atoms with Crippen molar-refractivity contribution < 1.29 is 9.90 Å². The highest BCUT2D eigenvalue weighted by Gasteiger charge is 2.36. The first kappa shape index (κ1) is 26.5. The number of imidazole rings is 1. The van der Waals surface area contributed by atoms with E-state index in [0.717, 1.165) is 66.6 Å². The first-order valence-corrected chi connectivity index (χ1v) is 13.8. The zero-order chi connectivity index (χ0) is 27.4. The molecule has 3 atom stereocenters. The van der Waals surface area contributed by atoms with Crippen LogP contribution in [-0.2, 0) is 17.8 Å². The van der Waals surface area contributed by atoms with Gasteiger partial charge in [0.25, 0.3) is 0 Å². The van der Waals surface area contributed by atoms with Gasteiger partial charge in [0.2, 0.25) is 0 Å². The maximum Gasteiger partial charge on any atom is 0.328 e. The number of H-pyrrole nitrogens is 1. The molecule has 2 N–H and O–H groups in total. The summed E-state index contributed by atoms with van der Waals surface area (Å²) in [5.41, 5.74) is 4.27. The molecule has 0 saturated heterocycles. The van der Waals surface area contributed by atoms with Crippen molar-refractivity contribution in [1.82, 2.24) is 34.7 Å². The monoisotopic (exact) mass is 529 g/mol. The topological polar surface area (TPSA) is 132 Å². The van der Waals surface area contributed by atoms with Crippen LogP contribution in [0.5, 0.6) is 0 Å². The third-order valence-corrected chi connectivity index (χ3v) is 7.91. The number of aryl methyl sites for hydroxylation is 1. The zero-order valence-electron chi connectivity index (χ0n) is 22.5. The minimum absolute atomic E-state index is 0.109. The van der Waals surface area contributed by atoms with E-state index >= 15 is 0 Å². The fraction of sp³-hybridized carbons (Fsp3) is 0.448. The normalized spacial score (nSPS) is 19.6. The molecule has 1 saturated carbocycles. The number of aliphatic carboxylic acids is 1. The molecule has 0 amide bonds. The Morgan fingerprint density at radius 3 is 2.62 bits per heavy atom. The molecule has 0 spiro atoms. The Kier molecular flexibility index (Phi) is 7.99. The van der Waals surface area contributed by atoms with Crippen molar-refractivity contribution in [1.29, 1.82) is 0 Å². The average Bonchev–Trinajstić information content (AvgIpc) is 3.53. The molecule has 5 rings (SSSR count). The van der Waals surface area contributed by atoms with Crippen LogP contribution < -0.4 is 5.69 Å². The second-order valence-electron chi connectivity index (χ2n) is 10.5. The van der Waals surface area contributed by atoms with E-state index in [1.54, 1.807) is 15.3 Å². The van der Waals surface area contributed by atoms with Crippen LogP contribution in [0.3, 0.4) is 0 Å². The first-order valence-electron chi connectivity index (χ1n) is 13.8. The van der Waals surface area contributed by atoms with Crippen molar-refractivity contribution >= 4 is 5.97 Å². The minimum Gasteiger partial charge on any atom is -0.481 e. The quantitative estimate of drug-likeness (QED) is 0.300. The molecule has 1 aliphatic rings. The van der Waals surface area contributed by atoms with Gasteiger partial charge < -0.3 is 5.11 Å². The summed E-state index contributed by atoms with van der Waals surface area (Å²) in [5, 5.41) is 24.2. The summed E-state index contributed by atoms with van der Waals surface area (Å²) >= 11 is 0. The Balaban J connectivity index is 1.47. The number of hydrogen-bond acceptors (Lipinski definition) is 6. The van der Waals surface area contributed by atoms with Crippen molar-refractivity contribution in [3.8, 4) is 22.5 Å². The van der Waals surface area contributed by atoms with E-state index in [9.17, 15) is 14.7 Å². The van der Waals surface area contributed by atoms with Crippen molar-refractivity contribution in [3.05, 3.63) is 70.7 Å². The molecule has 0 aliphatic heterocycles. The van der Waals surface area contributed by atoms with Gasteiger partial charge in [-0.2, -0.15) is 0 Å². The van der Waals surface area contributed by atoms with Gasteiger partial charge >= 0.3 is 11.7 Å². The Morgan fingerprint density at radius 2 is 1.92 bits per heavy atom. The molecule has 3 unspecified atom stereocenters. The molecule has 0 radical (unpaired) electrons. The van der Waals surface area contributed by atoms with E-state index in [0.29, 0.717) is 18.8 Å². The fourth-order valence-corrected chi connectivity index (χ4v) is 5.85. The predicted molar refractivity (Wildman–Crippen MR) is 147 cm³/mol. The summed E-state index contributed by atoms with van der Waals surface area (Å²) in [4.78, 5) is 30.7. The molecule has 39 heavy (non-hydrogen) atoms. The lowest BCUT2D eigenvalue weighted by Crippen LogP contribution is -2.36. The molecule has 204 valence electrons. The van der Waals surface area contributed by atoms with Crippen LogP contribution in [0.1, 0.15) is 69.8 Å². The Hall–Kier alpha value is -4.08. The van der Waals surface area contributed by atoms with Crippen LogP contribution >= 0.6 is 0 Å². The van der Waals surface area contributed by atoms with Crippen LogP contribution in [0.2, 0.25) is 0 Å². The third-order valence-electron chi connectivity index (χ3n) is 7.91. The largest absolute Gasteiger partial charge is 0.481 e. The number of nitrogens with zero attached hydrogens (tertiary/aromatic N) is 6. The van der Waals surface area contributed by atoms with Crippen LogP contribution in [0, 0.1) is 11.8 Å². The fourth-order valence-electron chi connectivity index (χ4n) is 5.85. The van der Waals surface area contributed by atoms with Crippen LogP contribution in [0.25, 0.3) is 22.5 Å². The van der Waals surface area contributed by atoms with E-state index in [2.05, 4.69) is 34.5 Å². The number of carboxylic acids is 1. The molecule has 10 nitrogen and oxygen atoms in total. The lowest BCUT2D eigenvalue weighted by atomic mass is 9.88. The van der Waals surface area contributed by atoms with E-state index in [-0.39, 0.29) is 17.6 Å². The maximum absolute atomic E-state index is 13.8.